The van der Waals surface area contributed by atoms with Crippen molar-refractivity contribution in [2.24, 2.45) is 0 Å². The maximum Gasteiger partial charge on any atom is 0.287 e. The number of carbonyl (C=O) groups is 1. The standard InChI is InChI=1S/C18H14FNO3/c1-11-6-7-12(8-14(11)19)10-20-18(22)17-9-15(21)13-4-2-3-5-16(13)23-17/h2-9H,10H2,1H3,(H,20,22). The molecule has 3 aromatic rings. The van der Waals surface area contributed by atoms with Crippen LogP contribution < -0.4 is 10.7 Å². The molecule has 0 saturated carbocycles. The van der Waals surface area contributed by atoms with Crippen LogP contribution in [0.2, 0.25) is 0 Å². The Hall–Kier alpha value is -2.95. The molecule has 0 bridgehead atoms. The van der Waals surface area contributed by atoms with Crippen molar-refractivity contribution in [3.05, 3.63) is 81.5 Å². The van der Waals surface area contributed by atoms with Gasteiger partial charge in [0.2, 0.25) is 0 Å². The Morgan fingerprint density at radius 3 is 2.74 bits per heavy atom. The molecule has 2 aromatic carbocycles. The van der Waals surface area contributed by atoms with Gasteiger partial charge in [-0.2, -0.15) is 0 Å². The van der Waals surface area contributed by atoms with Crippen LogP contribution in [-0.2, 0) is 6.54 Å². The van der Waals surface area contributed by atoms with Gasteiger partial charge in [0, 0.05) is 12.6 Å². The topological polar surface area (TPSA) is 59.3 Å². The molecule has 1 N–H and O–H groups in total. The molecule has 1 heterocycles. The average Bonchev–Trinajstić information content (AvgIpc) is 2.55. The second-order valence-corrected chi connectivity index (χ2v) is 5.24. The molecule has 0 radical (unpaired) electrons. The van der Waals surface area contributed by atoms with Crippen molar-refractivity contribution in [3.63, 3.8) is 0 Å². The lowest BCUT2D eigenvalue weighted by molar-refractivity contribution is 0.0923. The molecule has 0 atom stereocenters. The van der Waals surface area contributed by atoms with E-state index in [0.29, 0.717) is 22.1 Å². The first kappa shape index (κ1) is 15.0. The molecule has 23 heavy (non-hydrogen) atoms. The second kappa shape index (κ2) is 6.04. The van der Waals surface area contributed by atoms with Crippen LogP contribution in [0.15, 0.2) is 57.7 Å². The number of nitrogens with one attached hydrogen (secondary N) is 1. The number of rotatable bonds is 3. The summed E-state index contributed by atoms with van der Waals surface area (Å²) in [6.07, 6.45) is 0. The number of fused-ring (bicyclic) bond motifs is 1. The number of hydrogen-bond acceptors (Lipinski definition) is 3. The maximum atomic E-state index is 13.5. The molecule has 4 nitrogen and oxygen atoms in total. The minimum Gasteiger partial charge on any atom is -0.451 e. The number of halogens is 1. The lowest BCUT2D eigenvalue weighted by Gasteiger charge is -2.06. The molecule has 0 saturated heterocycles. The first-order valence-corrected chi connectivity index (χ1v) is 7.11. The molecule has 3 rings (SSSR count). The van der Waals surface area contributed by atoms with Crippen LogP contribution in [0.25, 0.3) is 11.0 Å². The zero-order valence-electron chi connectivity index (χ0n) is 12.4. The first-order chi connectivity index (χ1) is 11.0. The van der Waals surface area contributed by atoms with Crippen molar-refractivity contribution < 1.29 is 13.6 Å². The van der Waals surface area contributed by atoms with E-state index >= 15 is 0 Å². The number of amides is 1. The molecule has 0 fully saturated rings. The monoisotopic (exact) mass is 311 g/mol. The van der Waals surface area contributed by atoms with Crippen LogP contribution in [0.5, 0.6) is 0 Å². The van der Waals surface area contributed by atoms with Gasteiger partial charge in [0.1, 0.15) is 11.4 Å². The van der Waals surface area contributed by atoms with E-state index in [4.69, 9.17) is 4.42 Å². The number of para-hydroxylation sites is 1. The fraction of sp³-hybridized carbons (Fsp3) is 0.111. The van der Waals surface area contributed by atoms with E-state index < -0.39 is 5.91 Å². The van der Waals surface area contributed by atoms with Crippen LogP contribution in [0, 0.1) is 12.7 Å². The molecular weight excluding hydrogens is 297 g/mol. The second-order valence-electron chi connectivity index (χ2n) is 5.24. The molecule has 0 aliphatic rings. The molecule has 116 valence electrons. The van der Waals surface area contributed by atoms with Crippen LogP contribution in [0.1, 0.15) is 21.7 Å². The summed E-state index contributed by atoms with van der Waals surface area (Å²) >= 11 is 0. The van der Waals surface area contributed by atoms with Gasteiger partial charge in [0.05, 0.1) is 5.39 Å². The van der Waals surface area contributed by atoms with Crippen molar-refractivity contribution in [2.45, 2.75) is 13.5 Å². The zero-order valence-corrected chi connectivity index (χ0v) is 12.4. The smallest absolute Gasteiger partial charge is 0.287 e. The van der Waals surface area contributed by atoms with Crippen molar-refractivity contribution in [2.75, 3.05) is 0 Å². The number of benzene rings is 2. The highest BCUT2D eigenvalue weighted by Crippen LogP contribution is 2.12. The number of carbonyl (C=O) groups excluding carboxylic acids is 1. The third-order valence-electron chi connectivity index (χ3n) is 3.55. The Morgan fingerprint density at radius 1 is 1.17 bits per heavy atom. The average molecular weight is 311 g/mol. The summed E-state index contributed by atoms with van der Waals surface area (Å²) in [6.45, 7) is 1.81. The number of aryl methyl sites for hydroxylation is 1. The Bertz CT molecular complexity index is 946. The molecule has 0 unspecified atom stereocenters. The van der Waals surface area contributed by atoms with Gasteiger partial charge < -0.3 is 9.73 Å². The van der Waals surface area contributed by atoms with Crippen LogP contribution in [0.3, 0.4) is 0 Å². The Morgan fingerprint density at radius 2 is 1.96 bits per heavy atom. The van der Waals surface area contributed by atoms with Crippen molar-refractivity contribution in [3.8, 4) is 0 Å². The third-order valence-corrected chi connectivity index (χ3v) is 3.55. The molecule has 1 amide bonds. The van der Waals surface area contributed by atoms with Gasteiger partial charge in [-0.1, -0.05) is 24.3 Å². The van der Waals surface area contributed by atoms with E-state index in [0.717, 1.165) is 6.07 Å². The summed E-state index contributed by atoms with van der Waals surface area (Å²) < 4.78 is 18.9. The normalized spacial score (nSPS) is 10.7. The largest absolute Gasteiger partial charge is 0.451 e. The molecule has 0 aliphatic carbocycles. The van der Waals surface area contributed by atoms with Gasteiger partial charge >= 0.3 is 0 Å². The van der Waals surface area contributed by atoms with Gasteiger partial charge in [-0.15, -0.1) is 0 Å². The minimum absolute atomic E-state index is 0.0683. The summed E-state index contributed by atoms with van der Waals surface area (Å²) in [5, 5.41) is 3.04. The fourth-order valence-corrected chi connectivity index (χ4v) is 2.23. The SMILES string of the molecule is Cc1ccc(CNC(=O)c2cc(=O)c3ccccc3o2)cc1F. The van der Waals surface area contributed by atoms with Crippen LogP contribution >= 0.6 is 0 Å². The first-order valence-electron chi connectivity index (χ1n) is 7.11. The van der Waals surface area contributed by atoms with E-state index in [1.807, 2.05) is 0 Å². The predicted octanol–water partition coefficient (Wildman–Crippen LogP) is 3.17. The number of hydrogen-bond donors (Lipinski definition) is 1. The van der Waals surface area contributed by atoms with E-state index in [2.05, 4.69) is 5.32 Å². The highest BCUT2D eigenvalue weighted by Gasteiger charge is 2.12. The van der Waals surface area contributed by atoms with E-state index in [-0.39, 0.29) is 23.6 Å². The van der Waals surface area contributed by atoms with E-state index in [9.17, 15) is 14.0 Å². The van der Waals surface area contributed by atoms with Gasteiger partial charge in [-0.3, -0.25) is 9.59 Å². The Balaban J connectivity index is 1.80. The zero-order chi connectivity index (χ0) is 16.4. The maximum absolute atomic E-state index is 13.5. The van der Waals surface area contributed by atoms with Crippen LogP contribution in [0.4, 0.5) is 4.39 Å². The van der Waals surface area contributed by atoms with Crippen LogP contribution in [-0.4, -0.2) is 5.91 Å². The molecular formula is C18H14FNO3. The van der Waals surface area contributed by atoms with Gasteiger partial charge in [0.25, 0.3) is 5.91 Å². The highest BCUT2D eigenvalue weighted by molar-refractivity contribution is 5.93. The molecule has 5 heteroatoms. The molecule has 1 aromatic heterocycles. The van der Waals surface area contributed by atoms with Crippen molar-refractivity contribution in [1.82, 2.24) is 5.32 Å². The van der Waals surface area contributed by atoms with Gasteiger partial charge in [0.15, 0.2) is 11.2 Å². The summed E-state index contributed by atoms with van der Waals surface area (Å²) in [6, 6.07) is 12.6. The third kappa shape index (κ3) is 3.13. The summed E-state index contributed by atoms with van der Waals surface area (Å²) in [4.78, 5) is 24.1. The van der Waals surface area contributed by atoms with E-state index in [1.165, 1.54) is 6.07 Å². The highest BCUT2D eigenvalue weighted by atomic mass is 19.1. The van der Waals surface area contributed by atoms with Gasteiger partial charge in [-0.25, -0.2) is 4.39 Å². The summed E-state index contributed by atoms with van der Waals surface area (Å²) in [5.41, 5.74) is 1.25. The quantitative estimate of drug-likeness (QED) is 0.808. The molecule has 0 aliphatic heterocycles. The predicted molar refractivity (Wildman–Crippen MR) is 84.8 cm³/mol. The fourth-order valence-electron chi connectivity index (χ4n) is 2.23. The van der Waals surface area contributed by atoms with Gasteiger partial charge in [-0.05, 0) is 36.2 Å². The van der Waals surface area contributed by atoms with Crippen molar-refractivity contribution >= 4 is 16.9 Å². The Labute approximate surface area is 131 Å². The lowest BCUT2D eigenvalue weighted by atomic mass is 10.1. The Kier molecular flexibility index (Phi) is 3.93. The van der Waals surface area contributed by atoms with E-state index in [1.54, 1.807) is 43.3 Å². The summed E-state index contributed by atoms with van der Waals surface area (Å²) in [5.74, 6) is -0.913. The van der Waals surface area contributed by atoms with Crippen molar-refractivity contribution in [1.29, 1.82) is 0 Å². The minimum atomic E-state index is -0.520. The molecule has 0 spiro atoms. The lowest BCUT2D eigenvalue weighted by Crippen LogP contribution is -2.24. The summed E-state index contributed by atoms with van der Waals surface area (Å²) in [7, 11) is 0.